The van der Waals surface area contributed by atoms with Crippen LogP contribution in [0.5, 0.6) is 5.75 Å². The van der Waals surface area contributed by atoms with Crippen molar-refractivity contribution in [1.82, 2.24) is 4.90 Å². The highest BCUT2D eigenvalue weighted by Crippen LogP contribution is 2.18. The van der Waals surface area contributed by atoms with Crippen molar-refractivity contribution in [3.63, 3.8) is 0 Å². The lowest BCUT2D eigenvalue weighted by atomic mass is 10.1. The Bertz CT molecular complexity index is 468. The minimum absolute atomic E-state index is 0.173. The van der Waals surface area contributed by atoms with Crippen molar-refractivity contribution >= 4 is 11.6 Å². The molecule has 0 fully saturated rings. The summed E-state index contributed by atoms with van der Waals surface area (Å²) in [7, 11) is 1.52. The van der Waals surface area contributed by atoms with E-state index < -0.39 is 5.60 Å². The normalized spacial score (nSPS) is 11.6. The molecule has 1 rings (SSSR count). The smallest absolute Gasteiger partial charge is 0.256 e. The van der Waals surface area contributed by atoms with Crippen LogP contribution in [0.25, 0.3) is 0 Å². The van der Waals surface area contributed by atoms with Gasteiger partial charge < -0.3 is 19.7 Å². The van der Waals surface area contributed by atoms with Crippen LogP contribution in [0, 0.1) is 0 Å². The van der Waals surface area contributed by atoms with Gasteiger partial charge in [-0.2, -0.15) is 0 Å². The second kappa shape index (κ2) is 9.53. The first-order chi connectivity index (χ1) is 10.9. The standard InChI is InChI=1S/C18H30N2O3/c1-6-20(7-2)13-8-14-23-16-11-9-15(10-12-16)19-17(21)18(3,4)22-5/h9-12H,6-8,13-14H2,1-5H3,(H,19,21). The maximum atomic E-state index is 12.0. The number of carbonyl (C=O) groups is 1. The zero-order chi connectivity index (χ0) is 17.3. The van der Waals surface area contributed by atoms with E-state index in [0.29, 0.717) is 6.61 Å². The largest absolute Gasteiger partial charge is 0.494 e. The van der Waals surface area contributed by atoms with E-state index in [1.54, 1.807) is 13.8 Å². The van der Waals surface area contributed by atoms with Gasteiger partial charge >= 0.3 is 0 Å². The van der Waals surface area contributed by atoms with E-state index in [4.69, 9.17) is 9.47 Å². The predicted molar refractivity (Wildman–Crippen MR) is 94.1 cm³/mol. The van der Waals surface area contributed by atoms with Crippen molar-refractivity contribution in [2.75, 3.05) is 38.7 Å². The molecule has 1 amide bonds. The number of nitrogens with zero attached hydrogens (tertiary/aromatic N) is 1. The first kappa shape index (κ1) is 19.5. The van der Waals surface area contributed by atoms with Crippen LogP contribution in [0.4, 0.5) is 5.69 Å². The van der Waals surface area contributed by atoms with Crippen molar-refractivity contribution in [2.24, 2.45) is 0 Å². The van der Waals surface area contributed by atoms with Crippen LogP contribution < -0.4 is 10.1 Å². The SMILES string of the molecule is CCN(CC)CCCOc1ccc(NC(=O)C(C)(C)OC)cc1. The molecule has 0 saturated heterocycles. The predicted octanol–water partition coefficient (Wildman–Crippen LogP) is 3.16. The van der Waals surface area contributed by atoms with Gasteiger partial charge in [-0.15, -0.1) is 0 Å². The fourth-order valence-corrected chi connectivity index (χ4v) is 2.03. The molecule has 0 aliphatic carbocycles. The van der Waals surface area contributed by atoms with Gasteiger partial charge in [0.2, 0.25) is 0 Å². The molecule has 5 nitrogen and oxygen atoms in total. The van der Waals surface area contributed by atoms with Crippen LogP contribution in [0.2, 0.25) is 0 Å². The second-order valence-corrected chi connectivity index (χ2v) is 5.92. The number of carbonyl (C=O) groups excluding carboxylic acids is 1. The van der Waals surface area contributed by atoms with Gasteiger partial charge in [-0.25, -0.2) is 0 Å². The number of nitrogens with one attached hydrogen (secondary N) is 1. The van der Waals surface area contributed by atoms with Gasteiger partial charge in [0.05, 0.1) is 6.61 Å². The van der Waals surface area contributed by atoms with Crippen LogP contribution in [-0.4, -0.2) is 49.8 Å². The van der Waals surface area contributed by atoms with Crippen molar-refractivity contribution in [3.8, 4) is 5.75 Å². The molecule has 0 spiro atoms. The zero-order valence-electron chi connectivity index (χ0n) is 15.0. The van der Waals surface area contributed by atoms with E-state index in [0.717, 1.165) is 37.5 Å². The maximum Gasteiger partial charge on any atom is 0.256 e. The number of hydrogen-bond acceptors (Lipinski definition) is 4. The summed E-state index contributed by atoms with van der Waals surface area (Å²) in [6, 6.07) is 7.41. The third-order valence-corrected chi connectivity index (χ3v) is 3.95. The van der Waals surface area contributed by atoms with Crippen LogP contribution in [0.3, 0.4) is 0 Å². The van der Waals surface area contributed by atoms with Gasteiger partial charge in [0, 0.05) is 19.3 Å². The van der Waals surface area contributed by atoms with E-state index in [1.807, 2.05) is 24.3 Å². The number of hydrogen-bond donors (Lipinski definition) is 1. The number of benzene rings is 1. The summed E-state index contributed by atoms with van der Waals surface area (Å²) in [5, 5.41) is 2.83. The van der Waals surface area contributed by atoms with Gasteiger partial charge in [0.15, 0.2) is 0 Å². The molecular formula is C18H30N2O3. The lowest BCUT2D eigenvalue weighted by molar-refractivity contribution is -0.133. The fraction of sp³-hybridized carbons (Fsp3) is 0.611. The van der Waals surface area contributed by atoms with Gasteiger partial charge in [0.25, 0.3) is 5.91 Å². The average Bonchev–Trinajstić information content (AvgIpc) is 2.56. The summed E-state index contributed by atoms with van der Waals surface area (Å²) in [6.07, 6.45) is 1.00. The fourth-order valence-electron chi connectivity index (χ4n) is 2.03. The first-order valence-electron chi connectivity index (χ1n) is 8.24. The lowest BCUT2D eigenvalue weighted by Crippen LogP contribution is -2.38. The summed E-state index contributed by atoms with van der Waals surface area (Å²) in [6.45, 7) is 11.7. The highest BCUT2D eigenvalue weighted by molar-refractivity contribution is 5.96. The van der Waals surface area contributed by atoms with Gasteiger partial charge in [-0.1, -0.05) is 13.8 Å². The van der Waals surface area contributed by atoms with Crippen molar-refractivity contribution in [3.05, 3.63) is 24.3 Å². The summed E-state index contributed by atoms with van der Waals surface area (Å²) < 4.78 is 10.9. The monoisotopic (exact) mass is 322 g/mol. The van der Waals surface area contributed by atoms with Gasteiger partial charge in [-0.05, 0) is 57.6 Å². The Morgan fingerprint density at radius 3 is 2.30 bits per heavy atom. The van der Waals surface area contributed by atoms with E-state index in [9.17, 15) is 4.79 Å². The van der Waals surface area contributed by atoms with E-state index >= 15 is 0 Å². The molecule has 0 heterocycles. The highest BCUT2D eigenvalue weighted by atomic mass is 16.5. The molecule has 0 aliphatic rings. The van der Waals surface area contributed by atoms with Crippen molar-refractivity contribution < 1.29 is 14.3 Å². The number of amides is 1. The molecule has 0 unspecified atom stereocenters. The molecule has 5 heteroatoms. The Kier molecular flexibility index (Phi) is 8.06. The van der Waals surface area contributed by atoms with Gasteiger partial charge in [0.1, 0.15) is 11.4 Å². The third kappa shape index (κ3) is 6.59. The van der Waals surface area contributed by atoms with Crippen LogP contribution in [0.1, 0.15) is 34.1 Å². The Labute approximate surface area is 140 Å². The number of ether oxygens (including phenoxy) is 2. The van der Waals surface area contributed by atoms with Crippen LogP contribution in [-0.2, 0) is 9.53 Å². The Morgan fingerprint density at radius 2 is 1.78 bits per heavy atom. The molecule has 1 aromatic carbocycles. The van der Waals surface area contributed by atoms with Crippen molar-refractivity contribution in [2.45, 2.75) is 39.7 Å². The molecule has 0 saturated carbocycles. The molecule has 23 heavy (non-hydrogen) atoms. The molecule has 0 radical (unpaired) electrons. The summed E-state index contributed by atoms with van der Waals surface area (Å²) in [5.41, 5.74) is -0.116. The highest BCUT2D eigenvalue weighted by Gasteiger charge is 2.26. The minimum Gasteiger partial charge on any atom is -0.494 e. The summed E-state index contributed by atoms with van der Waals surface area (Å²) in [4.78, 5) is 14.4. The third-order valence-electron chi connectivity index (χ3n) is 3.95. The average molecular weight is 322 g/mol. The quantitative estimate of drug-likeness (QED) is 0.672. The van der Waals surface area contributed by atoms with E-state index in [1.165, 1.54) is 7.11 Å². The number of methoxy groups -OCH3 is 1. The molecule has 130 valence electrons. The lowest BCUT2D eigenvalue weighted by Gasteiger charge is -2.21. The Balaban J connectivity index is 2.40. The molecular weight excluding hydrogens is 292 g/mol. The Morgan fingerprint density at radius 1 is 1.17 bits per heavy atom. The van der Waals surface area contributed by atoms with Crippen LogP contribution >= 0.6 is 0 Å². The van der Waals surface area contributed by atoms with E-state index in [2.05, 4.69) is 24.1 Å². The zero-order valence-corrected chi connectivity index (χ0v) is 15.0. The Hall–Kier alpha value is -1.59. The maximum absolute atomic E-state index is 12.0. The van der Waals surface area contributed by atoms with Crippen LogP contribution in [0.15, 0.2) is 24.3 Å². The minimum atomic E-state index is -0.848. The summed E-state index contributed by atoms with van der Waals surface area (Å²) >= 11 is 0. The molecule has 0 aliphatic heterocycles. The first-order valence-corrected chi connectivity index (χ1v) is 8.24. The molecule has 0 bridgehead atoms. The second-order valence-electron chi connectivity index (χ2n) is 5.92. The molecule has 0 aromatic heterocycles. The number of anilines is 1. The number of rotatable bonds is 10. The molecule has 1 N–H and O–H groups in total. The summed E-state index contributed by atoms with van der Waals surface area (Å²) in [5.74, 6) is 0.640. The van der Waals surface area contributed by atoms with Gasteiger partial charge in [-0.3, -0.25) is 4.79 Å². The molecule has 0 atom stereocenters. The van der Waals surface area contributed by atoms with E-state index in [-0.39, 0.29) is 5.91 Å². The topological polar surface area (TPSA) is 50.8 Å². The van der Waals surface area contributed by atoms with Crippen molar-refractivity contribution in [1.29, 1.82) is 0 Å². The molecule has 1 aromatic rings.